The minimum absolute atomic E-state index is 0.291. The maximum absolute atomic E-state index is 5.07. The largest absolute Gasteiger partial charge is 0.391 e. The highest BCUT2D eigenvalue weighted by atomic mass is 79.9. The van der Waals surface area contributed by atoms with Gasteiger partial charge >= 0.3 is 0 Å². The van der Waals surface area contributed by atoms with Crippen molar-refractivity contribution in [3.8, 4) is 0 Å². The molecule has 0 aromatic carbocycles. The standard InChI is InChI=1S/C6H10BrNO.C2H6/c1-4(2)5-3-6(7)8-9-5;1-2/h4-5H,3H2,1-2H3;1-2H3. The van der Waals surface area contributed by atoms with Crippen molar-refractivity contribution < 1.29 is 4.84 Å². The molecule has 3 heteroatoms. The normalized spacial score (nSPS) is 22.0. The molecule has 1 unspecified atom stereocenters. The topological polar surface area (TPSA) is 21.6 Å². The number of oxime groups is 1. The number of rotatable bonds is 1. The number of hydrogen-bond donors (Lipinski definition) is 0. The van der Waals surface area contributed by atoms with Crippen molar-refractivity contribution in [2.24, 2.45) is 11.1 Å². The van der Waals surface area contributed by atoms with Crippen molar-refractivity contribution in [2.75, 3.05) is 0 Å². The van der Waals surface area contributed by atoms with Gasteiger partial charge in [-0.25, -0.2) is 0 Å². The van der Waals surface area contributed by atoms with Gasteiger partial charge in [0, 0.05) is 6.42 Å². The molecule has 0 spiro atoms. The van der Waals surface area contributed by atoms with Crippen LogP contribution in [0.3, 0.4) is 0 Å². The van der Waals surface area contributed by atoms with E-state index in [0.29, 0.717) is 12.0 Å². The van der Waals surface area contributed by atoms with Gasteiger partial charge in [0.2, 0.25) is 0 Å². The molecule has 0 N–H and O–H groups in total. The summed E-state index contributed by atoms with van der Waals surface area (Å²) >= 11 is 3.27. The van der Waals surface area contributed by atoms with Crippen molar-refractivity contribution in [3.05, 3.63) is 0 Å². The first-order chi connectivity index (χ1) is 5.20. The van der Waals surface area contributed by atoms with Gasteiger partial charge in [-0.05, 0) is 21.8 Å². The van der Waals surface area contributed by atoms with E-state index in [-0.39, 0.29) is 0 Å². The number of halogens is 1. The van der Waals surface area contributed by atoms with E-state index in [1.165, 1.54) is 0 Å². The van der Waals surface area contributed by atoms with Crippen LogP contribution in [0.1, 0.15) is 34.1 Å². The van der Waals surface area contributed by atoms with Crippen LogP contribution in [-0.4, -0.2) is 10.7 Å². The predicted octanol–water partition coefficient (Wildman–Crippen LogP) is 3.17. The highest BCUT2D eigenvalue weighted by Gasteiger charge is 2.21. The summed E-state index contributed by atoms with van der Waals surface area (Å²) in [5.74, 6) is 0.559. The van der Waals surface area contributed by atoms with Gasteiger partial charge in [0.15, 0.2) is 0 Å². The fraction of sp³-hybridized carbons (Fsp3) is 0.875. The van der Waals surface area contributed by atoms with Gasteiger partial charge in [0.1, 0.15) is 10.7 Å². The molecule has 66 valence electrons. The van der Waals surface area contributed by atoms with Crippen molar-refractivity contribution in [2.45, 2.75) is 40.2 Å². The molecule has 1 aliphatic heterocycles. The molecule has 0 aromatic rings. The summed E-state index contributed by atoms with van der Waals surface area (Å²) in [6.07, 6.45) is 1.22. The van der Waals surface area contributed by atoms with Crippen LogP contribution >= 0.6 is 15.9 Å². The third-order valence-electron chi connectivity index (χ3n) is 1.40. The lowest BCUT2D eigenvalue weighted by Crippen LogP contribution is -2.13. The molecule has 0 amide bonds. The Morgan fingerprint density at radius 2 is 2.09 bits per heavy atom. The average Bonchev–Trinajstić information content (AvgIpc) is 2.40. The van der Waals surface area contributed by atoms with Gasteiger partial charge in [-0.2, -0.15) is 0 Å². The molecule has 0 bridgehead atoms. The molecular formula is C8H16BrNO. The Morgan fingerprint density at radius 3 is 2.27 bits per heavy atom. The van der Waals surface area contributed by atoms with E-state index in [1.807, 2.05) is 13.8 Å². The Morgan fingerprint density at radius 1 is 1.55 bits per heavy atom. The smallest absolute Gasteiger partial charge is 0.136 e. The average molecular weight is 222 g/mol. The van der Waals surface area contributed by atoms with Gasteiger partial charge in [-0.15, -0.1) is 0 Å². The zero-order valence-corrected chi connectivity index (χ0v) is 9.18. The van der Waals surface area contributed by atoms with Gasteiger partial charge in [0.25, 0.3) is 0 Å². The summed E-state index contributed by atoms with van der Waals surface area (Å²) in [7, 11) is 0. The second-order valence-electron chi connectivity index (χ2n) is 2.56. The molecule has 2 nitrogen and oxygen atoms in total. The molecule has 0 fully saturated rings. The molecule has 0 aliphatic carbocycles. The van der Waals surface area contributed by atoms with E-state index in [4.69, 9.17) is 4.84 Å². The minimum atomic E-state index is 0.291. The maximum atomic E-state index is 5.07. The SMILES string of the molecule is CC.CC(C)C1CC(Br)=NO1. The Bertz CT molecular complexity index is 134. The Hall–Kier alpha value is -0.0500. The molecule has 0 aromatic heterocycles. The molecule has 0 saturated carbocycles. The van der Waals surface area contributed by atoms with Crippen LogP contribution in [0.25, 0.3) is 0 Å². The summed E-state index contributed by atoms with van der Waals surface area (Å²) in [4.78, 5) is 5.07. The van der Waals surface area contributed by atoms with Gasteiger partial charge in [-0.1, -0.05) is 32.9 Å². The first-order valence-corrected chi connectivity index (χ1v) is 4.87. The summed E-state index contributed by atoms with van der Waals surface area (Å²) in [6, 6.07) is 0. The Balaban J connectivity index is 0.000000461. The second-order valence-corrected chi connectivity index (χ2v) is 3.47. The molecule has 0 saturated heterocycles. The molecule has 1 aliphatic rings. The third kappa shape index (κ3) is 3.75. The number of nitrogens with zero attached hydrogens (tertiary/aromatic N) is 1. The third-order valence-corrected chi connectivity index (χ3v) is 1.87. The van der Waals surface area contributed by atoms with Crippen molar-refractivity contribution in [1.82, 2.24) is 0 Å². The molecule has 1 heterocycles. The minimum Gasteiger partial charge on any atom is -0.391 e. The molecule has 11 heavy (non-hydrogen) atoms. The number of hydrogen-bond acceptors (Lipinski definition) is 2. The van der Waals surface area contributed by atoms with Crippen LogP contribution < -0.4 is 0 Å². The quantitative estimate of drug-likeness (QED) is 0.667. The lowest BCUT2D eigenvalue weighted by atomic mass is 10.1. The van der Waals surface area contributed by atoms with Crippen LogP contribution in [0, 0.1) is 5.92 Å². The molecule has 0 radical (unpaired) electrons. The molecular weight excluding hydrogens is 206 g/mol. The Kier molecular flexibility index (Phi) is 5.56. The van der Waals surface area contributed by atoms with Gasteiger partial charge in [0.05, 0.1) is 0 Å². The lowest BCUT2D eigenvalue weighted by molar-refractivity contribution is 0.0521. The second kappa shape index (κ2) is 5.58. The monoisotopic (exact) mass is 221 g/mol. The summed E-state index contributed by atoms with van der Waals surface area (Å²) in [6.45, 7) is 8.26. The van der Waals surface area contributed by atoms with Crippen LogP contribution in [0.4, 0.5) is 0 Å². The fourth-order valence-corrected chi connectivity index (χ4v) is 1.13. The first-order valence-electron chi connectivity index (χ1n) is 4.08. The van der Waals surface area contributed by atoms with Gasteiger partial charge < -0.3 is 4.84 Å². The Labute approximate surface area is 77.1 Å². The zero-order chi connectivity index (χ0) is 8.85. The summed E-state index contributed by atoms with van der Waals surface area (Å²) < 4.78 is 0.932. The van der Waals surface area contributed by atoms with Crippen LogP contribution in [0.15, 0.2) is 5.16 Å². The summed E-state index contributed by atoms with van der Waals surface area (Å²) in [5.41, 5.74) is 0. The highest BCUT2D eigenvalue weighted by molar-refractivity contribution is 9.18. The van der Waals surface area contributed by atoms with Crippen LogP contribution in [0.5, 0.6) is 0 Å². The van der Waals surface area contributed by atoms with Crippen LogP contribution in [0.2, 0.25) is 0 Å². The van der Waals surface area contributed by atoms with E-state index < -0.39 is 0 Å². The highest BCUT2D eigenvalue weighted by Crippen LogP contribution is 2.20. The first kappa shape index (κ1) is 11.0. The van der Waals surface area contributed by atoms with E-state index in [0.717, 1.165) is 11.0 Å². The maximum Gasteiger partial charge on any atom is 0.136 e. The molecule has 1 rings (SSSR count). The van der Waals surface area contributed by atoms with Crippen molar-refractivity contribution >= 4 is 20.6 Å². The summed E-state index contributed by atoms with van der Waals surface area (Å²) in [5, 5.41) is 3.77. The van der Waals surface area contributed by atoms with E-state index in [1.54, 1.807) is 0 Å². The van der Waals surface area contributed by atoms with Crippen molar-refractivity contribution in [1.29, 1.82) is 0 Å². The van der Waals surface area contributed by atoms with E-state index >= 15 is 0 Å². The van der Waals surface area contributed by atoms with Crippen LogP contribution in [-0.2, 0) is 4.84 Å². The van der Waals surface area contributed by atoms with E-state index in [9.17, 15) is 0 Å². The lowest BCUT2D eigenvalue weighted by Gasteiger charge is -2.10. The van der Waals surface area contributed by atoms with E-state index in [2.05, 4.69) is 34.9 Å². The van der Waals surface area contributed by atoms with Gasteiger partial charge in [-0.3, -0.25) is 0 Å². The fourth-order valence-electron chi connectivity index (χ4n) is 0.723. The zero-order valence-electron chi connectivity index (χ0n) is 7.60. The predicted molar refractivity (Wildman–Crippen MR) is 52.0 cm³/mol. The van der Waals surface area contributed by atoms with Crippen molar-refractivity contribution in [3.63, 3.8) is 0 Å². The molecule has 1 atom stereocenters.